The normalized spacial score (nSPS) is 13.1. The highest BCUT2D eigenvalue weighted by Crippen LogP contribution is 2.24. The Bertz CT molecular complexity index is 620. The molecule has 1 unspecified atom stereocenters. The van der Waals surface area contributed by atoms with Crippen molar-refractivity contribution < 1.29 is 4.39 Å². The van der Waals surface area contributed by atoms with Crippen molar-refractivity contribution in [2.75, 3.05) is 12.0 Å². The van der Waals surface area contributed by atoms with E-state index in [9.17, 15) is 4.39 Å². The van der Waals surface area contributed by atoms with Gasteiger partial charge in [-0.3, -0.25) is 0 Å². The summed E-state index contributed by atoms with van der Waals surface area (Å²) < 4.78 is 16.6. The van der Waals surface area contributed by atoms with Gasteiger partial charge in [0, 0.05) is 12.6 Å². The van der Waals surface area contributed by atoms with Gasteiger partial charge in [0.05, 0.1) is 15.5 Å². The van der Waals surface area contributed by atoms with Crippen molar-refractivity contribution in [3.8, 4) is 0 Å². The Morgan fingerprint density at radius 1 is 1.56 bits per heavy atom. The first-order valence-corrected chi connectivity index (χ1v) is 8.19. The Balaban J connectivity index is 2.47. The van der Waals surface area contributed by atoms with Gasteiger partial charge in [-0.15, -0.1) is 0 Å². The molecular formula is C12H14BrFN2S2. The molecule has 0 saturated heterocycles. The van der Waals surface area contributed by atoms with Crippen LogP contribution in [0.15, 0.2) is 16.6 Å². The van der Waals surface area contributed by atoms with Crippen LogP contribution in [-0.4, -0.2) is 21.6 Å². The Morgan fingerprint density at radius 3 is 2.94 bits per heavy atom. The second-order valence-corrected chi connectivity index (χ2v) is 6.54. The van der Waals surface area contributed by atoms with Crippen LogP contribution in [0.2, 0.25) is 0 Å². The number of thioether (sulfide) groups is 1. The first-order valence-electron chi connectivity index (χ1n) is 5.59. The highest BCUT2D eigenvalue weighted by molar-refractivity contribution is 9.10. The standard InChI is InChI=1S/C12H14BrFN2S2/c1-7(6-18-2)5-16-11-3-8(13)9(14)4-10(11)15-12(16)17/h3-4,7H,5-6H2,1-2H3,(H,15,17). The van der Waals surface area contributed by atoms with Crippen LogP contribution >= 0.6 is 39.9 Å². The first-order chi connectivity index (χ1) is 8.52. The van der Waals surface area contributed by atoms with Gasteiger partial charge in [0.25, 0.3) is 0 Å². The number of rotatable bonds is 4. The maximum Gasteiger partial charge on any atom is 0.178 e. The molecule has 0 spiro atoms. The smallest absolute Gasteiger partial charge is 0.178 e. The average Bonchev–Trinajstić information content (AvgIpc) is 2.57. The van der Waals surface area contributed by atoms with Gasteiger partial charge >= 0.3 is 0 Å². The zero-order chi connectivity index (χ0) is 13.3. The molecule has 0 saturated carbocycles. The molecule has 18 heavy (non-hydrogen) atoms. The predicted octanol–water partition coefficient (Wildman–Crippen LogP) is 4.60. The van der Waals surface area contributed by atoms with Crippen LogP contribution in [0, 0.1) is 16.5 Å². The van der Waals surface area contributed by atoms with Gasteiger partial charge < -0.3 is 9.55 Å². The third kappa shape index (κ3) is 2.81. The van der Waals surface area contributed by atoms with Crippen molar-refractivity contribution in [2.24, 2.45) is 5.92 Å². The minimum atomic E-state index is -0.275. The quantitative estimate of drug-likeness (QED) is 0.815. The van der Waals surface area contributed by atoms with Gasteiger partial charge in [0.1, 0.15) is 5.82 Å². The number of fused-ring (bicyclic) bond motifs is 1. The fourth-order valence-electron chi connectivity index (χ4n) is 1.98. The summed E-state index contributed by atoms with van der Waals surface area (Å²) in [6.45, 7) is 3.04. The lowest BCUT2D eigenvalue weighted by Crippen LogP contribution is -2.09. The minimum Gasteiger partial charge on any atom is -0.330 e. The lowest BCUT2D eigenvalue weighted by atomic mass is 10.2. The summed E-state index contributed by atoms with van der Waals surface area (Å²) in [5.74, 6) is 1.33. The second-order valence-electron chi connectivity index (χ2n) is 4.38. The molecular weight excluding hydrogens is 335 g/mol. The number of aromatic amines is 1. The van der Waals surface area contributed by atoms with E-state index in [1.165, 1.54) is 6.07 Å². The summed E-state index contributed by atoms with van der Waals surface area (Å²) in [5, 5.41) is 0. The SMILES string of the molecule is CSCC(C)Cn1c(=S)[nH]c2cc(F)c(Br)cc21. The number of nitrogens with zero attached hydrogens (tertiary/aromatic N) is 1. The highest BCUT2D eigenvalue weighted by atomic mass is 79.9. The number of hydrogen-bond donors (Lipinski definition) is 1. The molecule has 0 fully saturated rings. The van der Waals surface area contributed by atoms with Gasteiger partial charge in [-0.25, -0.2) is 4.39 Å². The van der Waals surface area contributed by atoms with Crippen LogP contribution < -0.4 is 0 Å². The molecule has 1 aromatic heterocycles. The van der Waals surface area contributed by atoms with Crippen LogP contribution in [0.4, 0.5) is 4.39 Å². The summed E-state index contributed by atoms with van der Waals surface area (Å²) in [6, 6.07) is 3.26. The van der Waals surface area contributed by atoms with Crippen molar-refractivity contribution in [1.29, 1.82) is 0 Å². The first kappa shape index (κ1) is 14.1. The number of halogens is 2. The van der Waals surface area contributed by atoms with E-state index >= 15 is 0 Å². The average molecular weight is 349 g/mol. The third-order valence-corrected chi connectivity index (χ3v) is 4.59. The minimum absolute atomic E-state index is 0.275. The Morgan fingerprint density at radius 2 is 2.28 bits per heavy atom. The number of imidazole rings is 1. The monoisotopic (exact) mass is 348 g/mol. The zero-order valence-electron chi connectivity index (χ0n) is 10.2. The molecule has 2 aromatic rings. The van der Waals surface area contributed by atoms with Crippen LogP contribution in [0.5, 0.6) is 0 Å². The Kier molecular flexibility index (Phi) is 4.50. The van der Waals surface area contributed by atoms with Crippen LogP contribution in [-0.2, 0) is 6.54 Å². The molecule has 1 atom stereocenters. The van der Waals surface area contributed by atoms with Gasteiger partial charge in [-0.05, 0) is 52.1 Å². The predicted molar refractivity (Wildman–Crippen MR) is 82.3 cm³/mol. The lowest BCUT2D eigenvalue weighted by molar-refractivity contribution is 0.536. The highest BCUT2D eigenvalue weighted by Gasteiger charge is 2.11. The molecule has 0 amide bonds. The Hall–Kier alpha value is -0.330. The summed E-state index contributed by atoms with van der Waals surface area (Å²) in [4.78, 5) is 3.05. The van der Waals surface area contributed by atoms with Gasteiger partial charge in [-0.1, -0.05) is 6.92 Å². The number of hydrogen-bond acceptors (Lipinski definition) is 2. The molecule has 0 bridgehead atoms. The number of H-pyrrole nitrogens is 1. The van der Waals surface area contributed by atoms with E-state index in [-0.39, 0.29) is 5.82 Å². The van der Waals surface area contributed by atoms with Crippen LogP contribution in [0.1, 0.15) is 6.92 Å². The van der Waals surface area contributed by atoms with E-state index in [4.69, 9.17) is 12.2 Å². The lowest BCUT2D eigenvalue weighted by Gasteiger charge is -2.11. The van der Waals surface area contributed by atoms with Crippen molar-refractivity contribution >= 4 is 50.9 Å². The van der Waals surface area contributed by atoms with Crippen LogP contribution in [0.25, 0.3) is 11.0 Å². The van der Waals surface area contributed by atoms with Crippen molar-refractivity contribution in [3.63, 3.8) is 0 Å². The fourth-order valence-corrected chi connectivity index (χ4v) is 3.27. The van der Waals surface area contributed by atoms with Crippen molar-refractivity contribution in [3.05, 3.63) is 27.2 Å². The Labute approximate surface area is 123 Å². The van der Waals surface area contributed by atoms with Gasteiger partial charge in [-0.2, -0.15) is 11.8 Å². The second kappa shape index (κ2) is 5.75. The summed E-state index contributed by atoms with van der Waals surface area (Å²) in [7, 11) is 0. The molecule has 1 N–H and O–H groups in total. The van der Waals surface area contributed by atoms with E-state index in [1.54, 1.807) is 6.07 Å². The molecule has 0 radical (unpaired) electrons. The van der Waals surface area contributed by atoms with E-state index in [2.05, 4.69) is 34.1 Å². The van der Waals surface area contributed by atoms with Crippen molar-refractivity contribution in [2.45, 2.75) is 13.5 Å². The molecule has 6 heteroatoms. The number of benzene rings is 1. The fraction of sp³-hybridized carbons (Fsp3) is 0.417. The zero-order valence-corrected chi connectivity index (χ0v) is 13.4. The van der Waals surface area contributed by atoms with E-state index in [1.807, 2.05) is 16.3 Å². The van der Waals surface area contributed by atoms with E-state index in [0.717, 1.165) is 23.3 Å². The third-order valence-electron chi connectivity index (χ3n) is 2.76. The van der Waals surface area contributed by atoms with E-state index < -0.39 is 0 Å². The maximum absolute atomic E-state index is 13.5. The van der Waals surface area contributed by atoms with E-state index in [0.29, 0.717) is 15.2 Å². The van der Waals surface area contributed by atoms with Gasteiger partial charge in [0.2, 0.25) is 0 Å². The van der Waals surface area contributed by atoms with Gasteiger partial charge in [0.15, 0.2) is 4.77 Å². The molecule has 0 aliphatic heterocycles. The molecule has 0 aliphatic rings. The number of aromatic nitrogens is 2. The topological polar surface area (TPSA) is 20.7 Å². The molecule has 2 rings (SSSR count). The van der Waals surface area contributed by atoms with Crippen molar-refractivity contribution in [1.82, 2.24) is 9.55 Å². The molecule has 0 aliphatic carbocycles. The summed E-state index contributed by atoms with van der Waals surface area (Å²) >= 11 is 10.3. The largest absolute Gasteiger partial charge is 0.330 e. The number of nitrogens with one attached hydrogen (secondary N) is 1. The summed E-state index contributed by atoms with van der Waals surface area (Å²) in [5.41, 5.74) is 1.69. The van der Waals surface area contributed by atoms with Crippen LogP contribution in [0.3, 0.4) is 0 Å². The molecule has 98 valence electrons. The molecule has 1 heterocycles. The maximum atomic E-state index is 13.5. The molecule has 1 aromatic carbocycles. The molecule has 2 nitrogen and oxygen atoms in total. The summed E-state index contributed by atoms with van der Waals surface area (Å²) in [6.07, 6.45) is 2.09.